The van der Waals surface area contributed by atoms with E-state index in [1.54, 1.807) is 4.90 Å². The van der Waals surface area contributed by atoms with Gasteiger partial charge in [-0.1, -0.05) is 18.2 Å². The number of rotatable bonds is 4. The monoisotopic (exact) mass is 329 g/mol. The van der Waals surface area contributed by atoms with Crippen molar-refractivity contribution in [2.24, 2.45) is 0 Å². The fourth-order valence-electron chi connectivity index (χ4n) is 3.73. The fourth-order valence-corrected chi connectivity index (χ4v) is 3.73. The van der Waals surface area contributed by atoms with Crippen LogP contribution in [0.25, 0.3) is 0 Å². The summed E-state index contributed by atoms with van der Waals surface area (Å²) in [4.78, 5) is 30.9. The number of carbonyl (C=O) groups is 2. The van der Waals surface area contributed by atoms with Crippen molar-refractivity contribution in [3.8, 4) is 0 Å². The van der Waals surface area contributed by atoms with Crippen LogP contribution in [0.3, 0.4) is 0 Å². The highest BCUT2D eigenvalue weighted by Gasteiger charge is 2.28. The number of likely N-dealkylation sites (tertiary alicyclic amines) is 1. The number of amides is 2. The molecule has 2 aliphatic heterocycles. The summed E-state index contributed by atoms with van der Waals surface area (Å²) in [5.41, 5.74) is 1.85. The quantitative estimate of drug-likeness (QED) is 0.848. The van der Waals surface area contributed by atoms with Crippen LogP contribution in [0.5, 0.6) is 0 Å². The van der Waals surface area contributed by atoms with Crippen LogP contribution in [0, 0.1) is 0 Å². The van der Waals surface area contributed by atoms with Gasteiger partial charge in [-0.05, 0) is 45.0 Å². The molecule has 0 spiro atoms. The molecule has 0 N–H and O–H groups in total. The van der Waals surface area contributed by atoms with Crippen molar-refractivity contribution in [1.82, 2.24) is 14.7 Å². The van der Waals surface area contributed by atoms with E-state index in [0.29, 0.717) is 25.6 Å². The first kappa shape index (κ1) is 17.0. The number of benzene rings is 1. The molecule has 2 heterocycles. The van der Waals surface area contributed by atoms with Crippen molar-refractivity contribution >= 4 is 11.8 Å². The van der Waals surface area contributed by atoms with Crippen molar-refractivity contribution in [2.45, 2.75) is 38.3 Å². The average Bonchev–Trinajstić information content (AvgIpc) is 2.76. The molecule has 5 nitrogen and oxygen atoms in total. The third-order valence-electron chi connectivity index (χ3n) is 5.27. The summed E-state index contributed by atoms with van der Waals surface area (Å²) in [6, 6.07) is 8.28. The van der Waals surface area contributed by atoms with Gasteiger partial charge in [0.1, 0.15) is 0 Å². The first-order valence-corrected chi connectivity index (χ1v) is 8.87. The molecule has 1 fully saturated rings. The largest absolute Gasteiger partial charge is 0.343 e. The van der Waals surface area contributed by atoms with E-state index in [1.165, 1.54) is 0 Å². The van der Waals surface area contributed by atoms with Gasteiger partial charge in [-0.25, -0.2) is 0 Å². The van der Waals surface area contributed by atoms with E-state index in [4.69, 9.17) is 0 Å². The maximum Gasteiger partial charge on any atom is 0.254 e. The first-order valence-electron chi connectivity index (χ1n) is 8.87. The number of fused-ring (bicyclic) bond motifs is 1. The van der Waals surface area contributed by atoms with Gasteiger partial charge in [-0.2, -0.15) is 0 Å². The van der Waals surface area contributed by atoms with E-state index in [2.05, 4.69) is 19.0 Å². The highest BCUT2D eigenvalue weighted by molar-refractivity contribution is 5.98. The Kier molecular flexibility index (Phi) is 5.19. The summed E-state index contributed by atoms with van der Waals surface area (Å²) in [6.07, 6.45) is 3.67. The molecular formula is C19H27N3O2. The second-order valence-electron chi connectivity index (χ2n) is 7.06. The van der Waals surface area contributed by atoms with Crippen LogP contribution < -0.4 is 0 Å². The minimum Gasteiger partial charge on any atom is -0.343 e. The Bertz CT molecular complexity index is 614. The van der Waals surface area contributed by atoms with Crippen molar-refractivity contribution in [2.75, 3.05) is 33.7 Å². The Hall–Kier alpha value is -1.88. The summed E-state index contributed by atoms with van der Waals surface area (Å²) in [6.45, 7) is 2.82. The molecule has 0 bridgehead atoms. The molecule has 2 aliphatic rings. The summed E-state index contributed by atoms with van der Waals surface area (Å²) < 4.78 is 0. The van der Waals surface area contributed by atoms with Crippen molar-refractivity contribution < 1.29 is 9.59 Å². The van der Waals surface area contributed by atoms with Gasteiger partial charge in [0, 0.05) is 44.2 Å². The van der Waals surface area contributed by atoms with Crippen molar-refractivity contribution in [3.63, 3.8) is 0 Å². The van der Waals surface area contributed by atoms with E-state index in [-0.39, 0.29) is 11.8 Å². The normalized spacial score (nSPS) is 21.1. The summed E-state index contributed by atoms with van der Waals surface area (Å²) >= 11 is 0. The van der Waals surface area contributed by atoms with Crippen molar-refractivity contribution in [3.05, 3.63) is 35.4 Å². The molecule has 1 aromatic rings. The Labute approximate surface area is 144 Å². The Balaban J connectivity index is 1.51. The van der Waals surface area contributed by atoms with E-state index in [0.717, 1.165) is 43.5 Å². The fraction of sp³-hybridized carbons (Fsp3) is 0.579. The van der Waals surface area contributed by atoms with E-state index in [9.17, 15) is 9.59 Å². The lowest BCUT2D eigenvalue weighted by molar-refractivity contribution is -0.131. The molecule has 0 unspecified atom stereocenters. The second-order valence-corrected chi connectivity index (χ2v) is 7.06. The Morgan fingerprint density at radius 2 is 2.00 bits per heavy atom. The lowest BCUT2D eigenvalue weighted by Crippen LogP contribution is -2.36. The molecule has 3 rings (SSSR count). The van der Waals surface area contributed by atoms with Gasteiger partial charge in [0.05, 0.1) is 0 Å². The molecule has 0 aromatic heterocycles. The van der Waals surface area contributed by atoms with E-state index >= 15 is 0 Å². The molecule has 0 radical (unpaired) electrons. The molecule has 5 heteroatoms. The van der Waals surface area contributed by atoms with Gasteiger partial charge in [-0.15, -0.1) is 0 Å². The van der Waals surface area contributed by atoms with Gasteiger partial charge in [0.2, 0.25) is 5.91 Å². The smallest absolute Gasteiger partial charge is 0.254 e. The molecule has 0 saturated carbocycles. The maximum atomic E-state index is 12.5. The molecular weight excluding hydrogens is 302 g/mol. The molecule has 2 amide bonds. The van der Waals surface area contributed by atoms with Gasteiger partial charge in [0.25, 0.3) is 5.91 Å². The highest BCUT2D eigenvalue weighted by Crippen LogP contribution is 2.22. The molecule has 1 aromatic carbocycles. The maximum absolute atomic E-state index is 12.5. The zero-order valence-electron chi connectivity index (χ0n) is 14.7. The summed E-state index contributed by atoms with van der Waals surface area (Å²) in [5.74, 6) is 0.236. The Morgan fingerprint density at radius 1 is 1.21 bits per heavy atom. The van der Waals surface area contributed by atoms with E-state index in [1.807, 2.05) is 29.2 Å². The third-order valence-corrected chi connectivity index (χ3v) is 5.27. The van der Waals surface area contributed by atoms with Crippen LogP contribution in [-0.2, 0) is 11.3 Å². The summed E-state index contributed by atoms with van der Waals surface area (Å²) in [7, 11) is 4.22. The third kappa shape index (κ3) is 3.61. The highest BCUT2D eigenvalue weighted by atomic mass is 16.2. The predicted octanol–water partition coefficient (Wildman–Crippen LogP) is 1.98. The summed E-state index contributed by atoms with van der Waals surface area (Å²) in [5, 5.41) is 0. The number of hydrogen-bond donors (Lipinski definition) is 0. The average molecular weight is 329 g/mol. The van der Waals surface area contributed by atoms with Crippen LogP contribution in [0.2, 0.25) is 0 Å². The van der Waals surface area contributed by atoms with E-state index < -0.39 is 0 Å². The lowest BCUT2D eigenvalue weighted by Gasteiger charge is -2.24. The SMILES string of the molecule is CN(C)[C@@H]1CCCN(C(=O)CCN2Cc3ccccc3C2=O)CC1. The van der Waals surface area contributed by atoms with Crippen LogP contribution >= 0.6 is 0 Å². The van der Waals surface area contributed by atoms with Gasteiger partial charge in [0.15, 0.2) is 0 Å². The van der Waals surface area contributed by atoms with Crippen LogP contribution in [0.4, 0.5) is 0 Å². The number of carbonyl (C=O) groups excluding carboxylic acids is 2. The zero-order chi connectivity index (χ0) is 17.1. The van der Waals surface area contributed by atoms with Crippen LogP contribution in [0.15, 0.2) is 24.3 Å². The standard InChI is InChI=1S/C19H27N3O2/c1-20(2)16-7-5-11-21(12-9-16)18(23)10-13-22-14-15-6-3-4-8-17(15)19(22)24/h3-4,6,8,16H,5,7,9-14H2,1-2H3/t16-/m1/s1. The molecule has 1 saturated heterocycles. The molecule has 1 atom stereocenters. The minimum atomic E-state index is 0.0574. The number of hydrogen-bond acceptors (Lipinski definition) is 3. The molecule has 24 heavy (non-hydrogen) atoms. The predicted molar refractivity (Wildman–Crippen MR) is 93.7 cm³/mol. The second kappa shape index (κ2) is 7.34. The number of nitrogens with zero attached hydrogens (tertiary/aromatic N) is 3. The topological polar surface area (TPSA) is 43.9 Å². The minimum absolute atomic E-state index is 0.0574. The zero-order valence-corrected chi connectivity index (χ0v) is 14.7. The van der Waals surface area contributed by atoms with Crippen LogP contribution in [0.1, 0.15) is 41.6 Å². The van der Waals surface area contributed by atoms with Gasteiger partial charge >= 0.3 is 0 Å². The molecule has 130 valence electrons. The van der Waals surface area contributed by atoms with Gasteiger partial charge in [-0.3, -0.25) is 9.59 Å². The van der Waals surface area contributed by atoms with Crippen molar-refractivity contribution in [1.29, 1.82) is 0 Å². The first-order chi connectivity index (χ1) is 11.6. The lowest BCUT2D eigenvalue weighted by atomic mass is 10.1. The Morgan fingerprint density at radius 3 is 2.75 bits per heavy atom. The van der Waals surface area contributed by atoms with Gasteiger partial charge < -0.3 is 14.7 Å². The van der Waals surface area contributed by atoms with Crippen LogP contribution in [-0.4, -0.2) is 66.3 Å². The molecule has 0 aliphatic carbocycles.